The average Bonchev–Trinajstić information content (AvgIpc) is 2.78. The molecular weight excluding hydrogens is 407 g/mol. The molecule has 0 spiro atoms. The van der Waals surface area contributed by atoms with E-state index in [-0.39, 0.29) is 11.5 Å². The van der Waals surface area contributed by atoms with Crippen LogP contribution in [0.25, 0.3) is 0 Å². The molecule has 6 nitrogen and oxygen atoms in total. The molecule has 31 heavy (non-hydrogen) atoms. The first kappa shape index (κ1) is 21.4. The van der Waals surface area contributed by atoms with Gasteiger partial charge in [0.25, 0.3) is 5.91 Å². The first-order valence-electron chi connectivity index (χ1n) is 10.6. The molecule has 2 saturated heterocycles. The number of nitrogens with zero attached hydrogens (tertiary/aromatic N) is 5. The molecule has 0 radical (unpaired) electrons. The predicted molar refractivity (Wildman–Crippen MR) is 112 cm³/mol. The van der Waals surface area contributed by atoms with Crippen molar-refractivity contribution in [2.24, 2.45) is 0 Å². The van der Waals surface area contributed by atoms with E-state index in [1.165, 1.54) is 18.6 Å². The minimum Gasteiger partial charge on any atom is -0.356 e. The van der Waals surface area contributed by atoms with E-state index in [0.29, 0.717) is 32.0 Å². The summed E-state index contributed by atoms with van der Waals surface area (Å²) in [5.74, 6) is 2.10. The minimum absolute atomic E-state index is 0.0635. The van der Waals surface area contributed by atoms with Crippen LogP contribution in [0.1, 0.15) is 41.0 Å². The second kappa shape index (κ2) is 8.72. The Morgan fingerprint density at radius 1 is 0.871 bits per heavy atom. The zero-order chi connectivity index (χ0) is 22.0. The van der Waals surface area contributed by atoms with Crippen LogP contribution in [0.5, 0.6) is 0 Å². The Hall–Kier alpha value is -2.84. The van der Waals surface area contributed by atoms with Crippen LogP contribution in [-0.2, 0) is 6.18 Å². The number of rotatable bonds is 3. The van der Waals surface area contributed by atoms with Gasteiger partial charge in [0.1, 0.15) is 17.5 Å². The normalized spacial score (nSPS) is 17.7. The first-order chi connectivity index (χ1) is 14.8. The fourth-order valence-electron chi connectivity index (χ4n) is 4.13. The molecule has 2 aliphatic rings. The van der Waals surface area contributed by atoms with E-state index >= 15 is 0 Å². The summed E-state index contributed by atoms with van der Waals surface area (Å²) in [5, 5.41) is 0. The van der Waals surface area contributed by atoms with Crippen molar-refractivity contribution in [2.75, 3.05) is 49.1 Å². The van der Waals surface area contributed by atoms with E-state index in [2.05, 4.69) is 19.8 Å². The highest BCUT2D eigenvalue weighted by atomic mass is 19.4. The maximum Gasteiger partial charge on any atom is 0.416 e. The average molecular weight is 433 g/mol. The van der Waals surface area contributed by atoms with Gasteiger partial charge in [0, 0.05) is 50.9 Å². The van der Waals surface area contributed by atoms with Gasteiger partial charge in [-0.15, -0.1) is 0 Å². The van der Waals surface area contributed by atoms with Crippen LogP contribution in [-0.4, -0.2) is 60.0 Å². The Morgan fingerprint density at radius 3 is 2.10 bits per heavy atom. The van der Waals surface area contributed by atoms with Crippen LogP contribution in [0.4, 0.5) is 24.8 Å². The van der Waals surface area contributed by atoms with Crippen LogP contribution in [0.3, 0.4) is 0 Å². The SMILES string of the molecule is Cc1nc(N2CCCCC2)cc(N2CCN(C(=O)c3cccc(C(F)(F)F)c3)CC2)n1. The molecule has 0 aliphatic carbocycles. The van der Waals surface area contributed by atoms with Gasteiger partial charge in [-0.2, -0.15) is 13.2 Å². The van der Waals surface area contributed by atoms with Crippen molar-refractivity contribution < 1.29 is 18.0 Å². The number of hydrogen-bond acceptors (Lipinski definition) is 5. The van der Waals surface area contributed by atoms with Crippen molar-refractivity contribution in [1.82, 2.24) is 14.9 Å². The van der Waals surface area contributed by atoms with Gasteiger partial charge in [0.05, 0.1) is 5.56 Å². The van der Waals surface area contributed by atoms with Crippen LogP contribution < -0.4 is 9.80 Å². The predicted octanol–water partition coefficient (Wildman–Crippen LogP) is 3.76. The number of anilines is 2. The van der Waals surface area contributed by atoms with Gasteiger partial charge in [-0.25, -0.2) is 9.97 Å². The molecule has 0 saturated carbocycles. The molecule has 1 aromatic carbocycles. The number of amides is 1. The molecule has 4 rings (SSSR count). The van der Waals surface area contributed by atoms with E-state index in [1.54, 1.807) is 4.90 Å². The lowest BCUT2D eigenvalue weighted by Gasteiger charge is -2.36. The minimum atomic E-state index is -4.47. The third kappa shape index (κ3) is 4.91. The van der Waals surface area contributed by atoms with E-state index in [4.69, 9.17) is 0 Å². The molecule has 9 heteroatoms. The standard InChI is InChI=1S/C22H26F3N5O/c1-16-26-19(28-8-3-2-4-9-28)15-20(27-16)29-10-12-30(13-11-29)21(31)17-6-5-7-18(14-17)22(23,24)25/h5-7,14-15H,2-4,8-13H2,1H3. The van der Waals surface area contributed by atoms with Crippen molar-refractivity contribution in [2.45, 2.75) is 32.4 Å². The zero-order valence-corrected chi connectivity index (χ0v) is 17.5. The van der Waals surface area contributed by atoms with E-state index in [1.807, 2.05) is 13.0 Å². The monoisotopic (exact) mass is 433 g/mol. The Kier molecular flexibility index (Phi) is 6.02. The number of aromatic nitrogens is 2. The second-order valence-electron chi connectivity index (χ2n) is 8.04. The molecule has 0 bridgehead atoms. The lowest BCUT2D eigenvalue weighted by atomic mass is 10.1. The molecular formula is C22H26F3N5O. The summed E-state index contributed by atoms with van der Waals surface area (Å²) >= 11 is 0. The summed E-state index contributed by atoms with van der Waals surface area (Å²) in [7, 11) is 0. The molecule has 0 atom stereocenters. The number of aryl methyl sites for hydroxylation is 1. The van der Waals surface area contributed by atoms with Crippen molar-refractivity contribution in [3.05, 3.63) is 47.3 Å². The Bertz CT molecular complexity index is 935. The number of piperidine rings is 1. The Morgan fingerprint density at radius 2 is 1.48 bits per heavy atom. The molecule has 3 heterocycles. The maximum absolute atomic E-state index is 13.0. The van der Waals surface area contributed by atoms with Crippen molar-refractivity contribution in [1.29, 1.82) is 0 Å². The number of halogens is 3. The van der Waals surface area contributed by atoms with E-state index in [0.717, 1.165) is 49.7 Å². The Balaban J connectivity index is 1.43. The smallest absolute Gasteiger partial charge is 0.356 e. The van der Waals surface area contributed by atoms with Gasteiger partial charge in [-0.05, 0) is 44.4 Å². The van der Waals surface area contributed by atoms with Gasteiger partial charge < -0.3 is 14.7 Å². The fourth-order valence-corrected chi connectivity index (χ4v) is 4.13. The summed E-state index contributed by atoms with van der Waals surface area (Å²) in [6.45, 7) is 5.87. The van der Waals surface area contributed by atoms with Crippen LogP contribution in [0, 0.1) is 6.92 Å². The Labute approximate surface area is 179 Å². The lowest BCUT2D eigenvalue weighted by molar-refractivity contribution is -0.137. The molecule has 1 amide bonds. The maximum atomic E-state index is 13.0. The van der Waals surface area contributed by atoms with Gasteiger partial charge >= 0.3 is 6.18 Å². The number of carbonyl (C=O) groups excluding carboxylic acids is 1. The van der Waals surface area contributed by atoms with Crippen molar-refractivity contribution in [3.63, 3.8) is 0 Å². The molecule has 1 aromatic heterocycles. The van der Waals surface area contributed by atoms with Crippen molar-refractivity contribution >= 4 is 17.5 Å². The van der Waals surface area contributed by atoms with E-state index in [9.17, 15) is 18.0 Å². The van der Waals surface area contributed by atoms with E-state index < -0.39 is 11.7 Å². The number of hydrogen-bond donors (Lipinski definition) is 0. The number of piperazine rings is 1. The molecule has 0 N–H and O–H groups in total. The third-order valence-corrected chi connectivity index (χ3v) is 5.82. The van der Waals surface area contributed by atoms with Crippen LogP contribution in [0.2, 0.25) is 0 Å². The second-order valence-corrected chi connectivity index (χ2v) is 8.04. The molecule has 166 valence electrons. The fraction of sp³-hybridized carbons (Fsp3) is 0.500. The summed E-state index contributed by atoms with van der Waals surface area (Å²) in [4.78, 5) is 27.9. The molecule has 2 aromatic rings. The summed E-state index contributed by atoms with van der Waals surface area (Å²) in [6, 6.07) is 6.61. The first-order valence-corrected chi connectivity index (χ1v) is 10.6. The molecule has 2 aliphatic heterocycles. The van der Waals surface area contributed by atoms with Gasteiger partial charge in [0.15, 0.2) is 0 Å². The largest absolute Gasteiger partial charge is 0.416 e. The summed E-state index contributed by atoms with van der Waals surface area (Å²) in [6.07, 6.45) is -0.898. The quantitative estimate of drug-likeness (QED) is 0.738. The molecule has 0 unspecified atom stereocenters. The highest BCUT2D eigenvalue weighted by Gasteiger charge is 2.32. The van der Waals surface area contributed by atoms with Crippen LogP contribution >= 0.6 is 0 Å². The van der Waals surface area contributed by atoms with Gasteiger partial charge in [-0.1, -0.05) is 6.07 Å². The molecule has 2 fully saturated rings. The number of alkyl halides is 3. The van der Waals surface area contributed by atoms with Crippen LogP contribution in [0.15, 0.2) is 30.3 Å². The highest BCUT2D eigenvalue weighted by Crippen LogP contribution is 2.30. The number of carbonyl (C=O) groups is 1. The summed E-state index contributed by atoms with van der Waals surface area (Å²) in [5.41, 5.74) is -0.743. The zero-order valence-electron chi connectivity index (χ0n) is 17.5. The summed E-state index contributed by atoms with van der Waals surface area (Å²) < 4.78 is 38.9. The van der Waals surface area contributed by atoms with Gasteiger partial charge in [0.2, 0.25) is 0 Å². The third-order valence-electron chi connectivity index (χ3n) is 5.82. The van der Waals surface area contributed by atoms with Crippen molar-refractivity contribution in [3.8, 4) is 0 Å². The highest BCUT2D eigenvalue weighted by molar-refractivity contribution is 5.94. The van der Waals surface area contributed by atoms with Gasteiger partial charge in [-0.3, -0.25) is 4.79 Å². The topological polar surface area (TPSA) is 52.6 Å². The lowest BCUT2D eigenvalue weighted by Crippen LogP contribution is -2.49. The number of benzene rings is 1.